The highest BCUT2D eigenvalue weighted by molar-refractivity contribution is 5.80. The molecule has 6 rings (SSSR count). The molecule has 0 radical (unpaired) electrons. The smallest absolute Gasteiger partial charge is 0.253 e. The van der Waals surface area contributed by atoms with Gasteiger partial charge in [0, 0.05) is 36.2 Å². The number of aromatic nitrogens is 5. The van der Waals surface area contributed by atoms with Crippen LogP contribution in [0.5, 0.6) is 5.75 Å². The summed E-state index contributed by atoms with van der Waals surface area (Å²) in [6.45, 7) is 5.38. The van der Waals surface area contributed by atoms with Gasteiger partial charge in [0.15, 0.2) is 5.82 Å². The number of aromatic amines is 1. The van der Waals surface area contributed by atoms with Crippen molar-refractivity contribution in [2.75, 3.05) is 19.8 Å². The van der Waals surface area contributed by atoms with Gasteiger partial charge >= 0.3 is 0 Å². The lowest BCUT2D eigenvalue weighted by Crippen LogP contribution is -2.39. The Labute approximate surface area is 209 Å². The molecule has 2 atom stereocenters. The Balaban J connectivity index is 1.45. The molecule has 1 fully saturated rings. The Hall–Kier alpha value is -3.56. The molecule has 0 amide bonds. The van der Waals surface area contributed by atoms with Crippen LogP contribution in [0.4, 0.5) is 0 Å². The summed E-state index contributed by atoms with van der Waals surface area (Å²) < 4.78 is 13.4. The summed E-state index contributed by atoms with van der Waals surface area (Å²) in [7, 11) is 0. The maximum absolute atomic E-state index is 13.5. The highest BCUT2D eigenvalue weighted by Crippen LogP contribution is 2.32. The van der Waals surface area contributed by atoms with Crippen LogP contribution in [0.2, 0.25) is 0 Å². The lowest BCUT2D eigenvalue weighted by Gasteiger charge is -2.35. The Bertz CT molecular complexity index is 1420. The van der Waals surface area contributed by atoms with E-state index in [4.69, 9.17) is 9.47 Å². The van der Waals surface area contributed by atoms with Gasteiger partial charge in [-0.3, -0.25) is 9.69 Å². The first-order chi connectivity index (χ1) is 17.7. The number of H-pyrrole nitrogens is 1. The van der Waals surface area contributed by atoms with Crippen LogP contribution in [0, 0.1) is 0 Å². The largest absolute Gasteiger partial charge is 0.494 e. The van der Waals surface area contributed by atoms with Gasteiger partial charge in [-0.05, 0) is 72.0 Å². The van der Waals surface area contributed by atoms with Crippen molar-refractivity contribution < 1.29 is 9.47 Å². The molecule has 0 spiro atoms. The molecule has 0 bridgehead atoms. The van der Waals surface area contributed by atoms with E-state index in [2.05, 4.69) is 49.7 Å². The summed E-state index contributed by atoms with van der Waals surface area (Å²) in [5.41, 5.74) is 3.87. The van der Waals surface area contributed by atoms with Crippen molar-refractivity contribution in [3.63, 3.8) is 0 Å². The lowest BCUT2D eigenvalue weighted by molar-refractivity contribution is 0.0904. The zero-order valence-electron chi connectivity index (χ0n) is 20.4. The summed E-state index contributed by atoms with van der Waals surface area (Å²) in [5, 5.41) is 13.7. The van der Waals surface area contributed by atoms with E-state index in [0.717, 1.165) is 49.1 Å². The molecule has 1 saturated heterocycles. The zero-order valence-corrected chi connectivity index (χ0v) is 20.4. The number of hydrogen-bond donors (Lipinski definition) is 1. The van der Waals surface area contributed by atoms with Crippen LogP contribution in [0.1, 0.15) is 48.3 Å². The van der Waals surface area contributed by atoms with E-state index in [1.165, 1.54) is 11.1 Å². The number of nitrogens with one attached hydrogen (secondary N) is 1. The molecular formula is C27H30N6O3. The molecule has 2 aliphatic heterocycles. The normalized spacial score (nSPS) is 18.9. The fourth-order valence-corrected chi connectivity index (χ4v) is 5.42. The molecule has 4 aromatic rings. The number of tetrazole rings is 1. The van der Waals surface area contributed by atoms with Crippen molar-refractivity contribution >= 4 is 10.9 Å². The van der Waals surface area contributed by atoms with E-state index in [-0.39, 0.29) is 11.7 Å². The fraction of sp³-hybridized carbons (Fsp3) is 0.407. The Kier molecular flexibility index (Phi) is 6.25. The van der Waals surface area contributed by atoms with E-state index < -0.39 is 6.04 Å². The van der Waals surface area contributed by atoms with Gasteiger partial charge in [0.05, 0.1) is 19.3 Å². The fourth-order valence-electron chi connectivity index (χ4n) is 5.42. The number of hydrogen-bond acceptors (Lipinski definition) is 7. The van der Waals surface area contributed by atoms with Gasteiger partial charge < -0.3 is 14.5 Å². The number of nitrogens with zero attached hydrogens (tertiary/aromatic N) is 5. The van der Waals surface area contributed by atoms with Gasteiger partial charge in [-0.1, -0.05) is 24.3 Å². The molecule has 1 N–H and O–H groups in total. The zero-order chi connectivity index (χ0) is 24.5. The Morgan fingerprint density at radius 3 is 2.92 bits per heavy atom. The highest BCUT2D eigenvalue weighted by atomic mass is 16.5. The van der Waals surface area contributed by atoms with E-state index in [1.807, 2.05) is 35.9 Å². The number of ether oxygens (including phenoxy) is 2. The van der Waals surface area contributed by atoms with Gasteiger partial charge in [-0.2, -0.15) is 0 Å². The Morgan fingerprint density at radius 2 is 2.08 bits per heavy atom. The summed E-state index contributed by atoms with van der Waals surface area (Å²) in [6.07, 6.45) is 3.01. The van der Waals surface area contributed by atoms with E-state index >= 15 is 0 Å². The molecule has 9 nitrogen and oxygen atoms in total. The molecule has 2 aromatic carbocycles. The molecular weight excluding hydrogens is 456 g/mol. The first kappa shape index (κ1) is 22.9. The molecule has 9 heteroatoms. The summed E-state index contributed by atoms with van der Waals surface area (Å²) >= 11 is 0. The predicted octanol–water partition coefficient (Wildman–Crippen LogP) is 3.24. The second-order valence-corrected chi connectivity index (χ2v) is 9.48. The average Bonchev–Trinajstić information content (AvgIpc) is 3.58. The molecule has 4 heterocycles. The number of rotatable bonds is 7. The number of fused-ring (bicyclic) bond motifs is 2. The summed E-state index contributed by atoms with van der Waals surface area (Å²) in [4.78, 5) is 18.9. The van der Waals surface area contributed by atoms with Crippen molar-refractivity contribution in [2.24, 2.45) is 0 Å². The van der Waals surface area contributed by atoms with Crippen molar-refractivity contribution in [1.82, 2.24) is 30.1 Å². The van der Waals surface area contributed by atoms with Gasteiger partial charge in [0.25, 0.3) is 5.56 Å². The van der Waals surface area contributed by atoms with Crippen LogP contribution in [-0.2, 0) is 24.2 Å². The lowest BCUT2D eigenvalue weighted by atomic mass is 9.96. The van der Waals surface area contributed by atoms with Crippen molar-refractivity contribution in [2.45, 2.75) is 51.4 Å². The molecule has 0 unspecified atom stereocenters. The van der Waals surface area contributed by atoms with Crippen molar-refractivity contribution in [1.29, 1.82) is 0 Å². The monoisotopic (exact) mass is 486 g/mol. The minimum Gasteiger partial charge on any atom is -0.494 e. The standard InChI is InChI=1S/C27H30N6O3/c1-2-35-21-9-10-24-20(14-21)15-23(27(34)28-24)25(32-12-11-18-6-3-4-7-19(18)16-32)26-29-30-31-33(26)17-22-8-5-13-36-22/h3-4,6-7,9-10,14-15,22,25H,2,5,8,11-13,16-17H2,1H3,(H,28,34)/t22-,25+/m0/s1. The van der Waals surface area contributed by atoms with Gasteiger partial charge in [0.2, 0.25) is 0 Å². The molecule has 0 saturated carbocycles. The molecule has 0 aliphatic carbocycles. The third-order valence-electron chi connectivity index (χ3n) is 7.18. The maximum Gasteiger partial charge on any atom is 0.253 e. The summed E-state index contributed by atoms with van der Waals surface area (Å²) in [6, 6.07) is 15.8. The van der Waals surface area contributed by atoms with Crippen LogP contribution < -0.4 is 10.3 Å². The minimum absolute atomic E-state index is 0.0821. The average molecular weight is 487 g/mol. The highest BCUT2D eigenvalue weighted by Gasteiger charge is 2.33. The minimum atomic E-state index is -0.404. The molecule has 2 aliphatic rings. The second-order valence-electron chi connectivity index (χ2n) is 9.48. The SMILES string of the molecule is CCOc1ccc2[nH]c(=O)c([C@H](c3nnnn3C[C@@H]3CCCO3)N3CCc4ccccc4C3)cc2c1. The van der Waals surface area contributed by atoms with E-state index in [9.17, 15) is 4.79 Å². The first-order valence-electron chi connectivity index (χ1n) is 12.7. The number of benzene rings is 2. The first-order valence-corrected chi connectivity index (χ1v) is 12.7. The van der Waals surface area contributed by atoms with Crippen molar-refractivity contribution in [3.05, 3.63) is 81.4 Å². The topological polar surface area (TPSA) is 98.2 Å². The van der Waals surface area contributed by atoms with Crippen LogP contribution in [0.3, 0.4) is 0 Å². The molecule has 36 heavy (non-hydrogen) atoms. The van der Waals surface area contributed by atoms with E-state index in [1.54, 1.807) is 0 Å². The maximum atomic E-state index is 13.5. The van der Waals surface area contributed by atoms with Gasteiger partial charge in [-0.15, -0.1) is 5.10 Å². The van der Waals surface area contributed by atoms with Crippen LogP contribution in [-0.4, -0.2) is 56.0 Å². The third-order valence-corrected chi connectivity index (χ3v) is 7.18. The summed E-state index contributed by atoms with van der Waals surface area (Å²) in [5.74, 6) is 1.44. The van der Waals surface area contributed by atoms with Crippen LogP contribution in [0.15, 0.2) is 53.3 Å². The van der Waals surface area contributed by atoms with Crippen LogP contribution >= 0.6 is 0 Å². The quantitative estimate of drug-likeness (QED) is 0.428. The van der Waals surface area contributed by atoms with Gasteiger partial charge in [-0.25, -0.2) is 4.68 Å². The van der Waals surface area contributed by atoms with Crippen molar-refractivity contribution in [3.8, 4) is 5.75 Å². The number of pyridine rings is 1. The predicted molar refractivity (Wildman–Crippen MR) is 135 cm³/mol. The molecule has 186 valence electrons. The second kappa shape index (κ2) is 9.83. The molecule has 2 aromatic heterocycles. The third kappa shape index (κ3) is 4.40. The van der Waals surface area contributed by atoms with Gasteiger partial charge in [0.1, 0.15) is 11.8 Å². The Morgan fingerprint density at radius 1 is 1.19 bits per heavy atom. The van der Waals surface area contributed by atoms with E-state index in [0.29, 0.717) is 31.1 Å². The van der Waals surface area contributed by atoms with Crippen LogP contribution in [0.25, 0.3) is 10.9 Å².